The van der Waals surface area contributed by atoms with Crippen LogP contribution in [-0.4, -0.2) is 7.11 Å². The number of methoxy groups -OCH3 is 1. The fourth-order valence-corrected chi connectivity index (χ4v) is 1.78. The molecule has 2 rings (SSSR count). The van der Waals surface area contributed by atoms with Gasteiger partial charge in [0.25, 0.3) is 0 Å². The second kappa shape index (κ2) is 4.91. The number of nitrogens with one attached hydrogen (secondary N) is 1. The molecule has 0 aliphatic heterocycles. The van der Waals surface area contributed by atoms with E-state index in [0.29, 0.717) is 0 Å². The van der Waals surface area contributed by atoms with E-state index in [2.05, 4.69) is 43.4 Å². The Morgan fingerprint density at radius 1 is 1.00 bits per heavy atom. The van der Waals surface area contributed by atoms with E-state index in [1.54, 1.807) is 7.11 Å². The highest BCUT2D eigenvalue weighted by Crippen LogP contribution is 2.24. The molecule has 0 saturated carbocycles. The molecule has 2 aromatic carbocycles. The minimum absolute atomic E-state index is 0.886. The van der Waals surface area contributed by atoms with Crippen molar-refractivity contribution in [3.8, 4) is 5.75 Å². The first kappa shape index (κ1) is 11.5. The van der Waals surface area contributed by atoms with E-state index in [1.165, 1.54) is 11.1 Å². The summed E-state index contributed by atoms with van der Waals surface area (Å²) in [4.78, 5) is 0. The molecule has 17 heavy (non-hydrogen) atoms. The van der Waals surface area contributed by atoms with Gasteiger partial charge in [0.2, 0.25) is 0 Å². The lowest BCUT2D eigenvalue weighted by atomic mass is 10.1. The van der Waals surface area contributed by atoms with Gasteiger partial charge in [0.05, 0.1) is 7.11 Å². The van der Waals surface area contributed by atoms with E-state index in [0.717, 1.165) is 17.1 Å². The van der Waals surface area contributed by atoms with Gasteiger partial charge in [-0.1, -0.05) is 12.1 Å². The van der Waals surface area contributed by atoms with Crippen molar-refractivity contribution in [2.24, 2.45) is 0 Å². The quantitative estimate of drug-likeness (QED) is 0.853. The molecule has 0 unspecified atom stereocenters. The molecular weight excluding hydrogens is 210 g/mol. The van der Waals surface area contributed by atoms with Crippen molar-refractivity contribution in [1.29, 1.82) is 0 Å². The molecule has 0 atom stereocenters. The summed E-state index contributed by atoms with van der Waals surface area (Å²) >= 11 is 0. The van der Waals surface area contributed by atoms with Crippen molar-refractivity contribution in [3.05, 3.63) is 53.6 Å². The van der Waals surface area contributed by atoms with Crippen LogP contribution in [-0.2, 0) is 0 Å². The normalized spacial score (nSPS) is 10.1. The summed E-state index contributed by atoms with van der Waals surface area (Å²) < 4.78 is 5.19. The zero-order chi connectivity index (χ0) is 12.3. The largest absolute Gasteiger partial charge is 0.497 e. The van der Waals surface area contributed by atoms with E-state index in [-0.39, 0.29) is 0 Å². The number of aryl methyl sites for hydroxylation is 2. The highest BCUT2D eigenvalue weighted by atomic mass is 16.5. The van der Waals surface area contributed by atoms with Gasteiger partial charge in [0.15, 0.2) is 0 Å². The lowest BCUT2D eigenvalue weighted by molar-refractivity contribution is 0.414. The lowest BCUT2D eigenvalue weighted by Crippen LogP contribution is -1.94. The average Bonchev–Trinajstić information content (AvgIpc) is 2.32. The molecular formula is C15H17NO. The van der Waals surface area contributed by atoms with Gasteiger partial charge < -0.3 is 10.1 Å². The topological polar surface area (TPSA) is 21.3 Å². The number of anilines is 2. The molecule has 2 nitrogen and oxygen atoms in total. The van der Waals surface area contributed by atoms with Crippen molar-refractivity contribution < 1.29 is 4.74 Å². The summed E-state index contributed by atoms with van der Waals surface area (Å²) in [6, 6.07) is 14.4. The molecule has 0 fully saturated rings. The van der Waals surface area contributed by atoms with Crippen LogP contribution < -0.4 is 10.1 Å². The van der Waals surface area contributed by atoms with Crippen LogP contribution in [0.4, 0.5) is 11.4 Å². The van der Waals surface area contributed by atoms with Gasteiger partial charge in [-0.3, -0.25) is 0 Å². The van der Waals surface area contributed by atoms with Crippen LogP contribution >= 0.6 is 0 Å². The Morgan fingerprint density at radius 3 is 2.47 bits per heavy atom. The van der Waals surface area contributed by atoms with Gasteiger partial charge >= 0.3 is 0 Å². The SMILES string of the molecule is COc1ccc(Nc2cccc(C)c2)c(C)c1. The van der Waals surface area contributed by atoms with E-state index in [9.17, 15) is 0 Å². The first-order valence-corrected chi connectivity index (χ1v) is 5.67. The lowest BCUT2D eigenvalue weighted by Gasteiger charge is -2.11. The maximum Gasteiger partial charge on any atom is 0.119 e. The van der Waals surface area contributed by atoms with E-state index in [1.807, 2.05) is 18.2 Å². The smallest absolute Gasteiger partial charge is 0.119 e. The maximum atomic E-state index is 5.19. The zero-order valence-electron chi connectivity index (χ0n) is 10.4. The number of ether oxygens (including phenoxy) is 1. The molecule has 0 aromatic heterocycles. The predicted molar refractivity (Wildman–Crippen MR) is 72.2 cm³/mol. The average molecular weight is 227 g/mol. The molecule has 0 bridgehead atoms. The van der Waals surface area contributed by atoms with E-state index >= 15 is 0 Å². The van der Waals surface area contributed by atoms with Gasteiger partial charge in [-0.15, -0.1) is 0 Å². The summed E-state index contributed by atoms with van der Waals surface area (Å²) in [6.45, 7) is 4.16. The fraction of sp³-hybridized carbons (Fsp3) is 0.200. The number of hydrogen-bond acceptors (Lipinski definition) is 2. The minimum atomic E-state index is 0.886. The highest BCUT2D eigenvalue weighted by molar-refractivity contribution is 5.64. The molecule has 2 heteroatoms. The second-order valence-corrected chi connectivity index (χ2v) is 4.18. The number of hydrogen-bond donors (Lipinski definition) is 1. The Morgan fingerprint density at radius 2 is 1.82 bits per heavy atom. The van der Waals surface area contributed by atoms with E-state index in [4.69, 9.17) is 4.74 Å². The minimum Gasteiger partial charge on any atom is -0.497 e. The zero-order valence-corrected chi connectivity index (χ0v) is 10.4. The van der Waals surface area contributed by atoms with Crippen molar-refractivity contribution in [2.75, 3.05) is 12.4 Å². The second-order valence-electron chi connectivity index (χ2n) is 4.18. The predicted octanol–water partition coefficient (Wildman–Crippen LogP) is 4.06. The van der Waals surface area contributed by atoms with Crippen LogP contribution in [0.2, 0.25) is 0 Å². The van der Waals surface area contributed by atoms with E-state index < -0.39 is 0 Å². The number of benzene rings is 2. The maximum absolute atomic E-state index is 5.19. The summed E-state index contributed by atoms with van der Waals surface area (Å²) in [5.41, 5.74) is 4.64. The molecule has 0 aliphatic rings. The third-order valence-electron chi connectivity index (χ3n) is 2.73. The van der Waals surface area contributed by atoms with Gasteiger partial charge in [-0.05, 0) is 55.3 Å². The summed E-state index contributed by atoms with van der Waals surface area (Å²) in [5, 5.41) is 3.41. The third-order valence-corrected chi connectivity index (χ3v) is 2.73. The van der Waals surface area contributed by atoms with Crippen LogP contribution in [0, 0.1) is 13.8 Å². The summed E-state index contributed by atoms with van der Waals surface area (Å²) in [5.74, 6) is 0.886. The summed E-state index contributed by atoms with van der Waals surface area (Å²) in [6.07, 6.45) is 0. The fourth-order valence-electron chi connectivity index (χ4n) is 1.78. The Labute approximate surface area is 102 Å². The van der Waals surface area contributed by atoms with Crippen molar-refractivity contribution >= 4 is 11.4 Å². The Kier molecular flexibility index (Phi) is 3.33. The molecule has 88 valence electrons. The standard InChI is InChI=1S/C15H17NO/c1-11-5-4-6-13(9-11)16-15-8-7-14(17-3)10-12(15)2/h4-10,16H,1-3H3. The van der Waals surface area contributed by atoms with Crippen molar-refractivity contribution in [3.63, 3.8) is 0 Å². The molecule has 0 heterocycles. The van der Waals surface area contributed by atoms with Crippen LogP contribution in [0.3, 0.4) is 0 Å². The molecule has 0 radical (unpaired) electrons. The number of rotatable bonds is 3. The molecule has 0 amide bonds. The molecule has 0 saturated heterocycles. The highest BCUT2D eigenvalue weighted by Gasteiger charge is 2.00. The summed E-state index contributed by atoms with van der Waals surface area (Å²) in [7, 11) is 1.68. The Balaban J connectivity index is 2.24. The third kappa shape index (κ3) is 2.78. The van der Waals surface area contributed by atoms with Crippen molar-refractivity contribution in [2.45, 2.75) is 13.8 Å². The van der Waals surface area contributed by atoms with Crippen LogP contribution in [0.5, 0.6) is 5.75 Å². The molecule has 2 aromatic rings. The molecule has 0 aliphatic carbocycles. The van der Waals surface area contributed by atoms with Gasteiger partial charge in [-0.2, -0.15) is 0 Å². The van der Waals surface area contributed by atoms with Crippen LogP contribution in [0.25, 0.3) is 0 Å². The van der Waals surface area contributed by atoms with Gasteiger partial charge in [0.1, 0.15) is 5.75 Å². The van der Waals surface area contributed by atoms with Crippen molar-refractivity contribution in [1.82, 2.24) is 0 Å². The first-order chi connectivity index (χ1) is 8.19. The Hall–Kier alpha value is -1.96. The van der Waals surface area contributed by atoms with Gasteiger partial charge in [0, 0.05) is 11.4 Å². The van der Waals surface area contributed by atoms with Gasteiger partial charge in [-0.25, -0.2) is 0 Å². The molecule has 1 N–H and O–H groups in total. The van der Waals surface area contributed by atoms with Crippen LogP contribution in [0.1, 0.15) is 11.1 Å². The Bertz CT molecular complexity index is 520. The van der Waals surface area contributed by atoms with Crippen LogP contribution in [0.15, 0.2) is 42.5 Å². The molecule has 0 spiro atoms. The monoisotopic (exact) mass is 227 g/mol. The first-order valence-electron chi connectivity index (χ1n) is 5.67.